The number of fused-ring (bicyclic) bond motifs is 4. The van der Waals surface area contributed by atoms with Crippen LogP contribution in [-0.2, 0) is 19.3 Å². The lowest BCUT2D eigenvalue weighted by atomic mass is 9.87. The van der Waals surface area contributed by atoms with Gasteiger partial charge < -0.3 is 5.32 Å². The molecule has 6 rings (SSSR count). The van der Waals surface area contributed by atoms with E-state index in [-0.39, 0.29) is 0 Å². The van der Waals surface area contributed by atoms with Crippen LogP contribution in [0.5, 0.6) is 0 Å². The SMILES string of the molecule is Clc1ccc(-c2nc(N[C@@H]3CCCc4ccccc43)c3c4c(sc3n2)CCC4)cc1. The summed E-state index contributed by atoms with van der Waals surface area (Å²) in [4.78, 5) is 12.6. The number of nitrogens with zero attached hydrogens (tertiary/aromatic N) is 2. The van der Waals surface area contributed by atoms with Crippen molar-refractivity contribution >= 4 is 39.0 Å². The van der Waals surface area contributed by atoms with Crippen molar-refractivity contribution in [2.75, 3.05) is 5.32 Å². The summed E-state index contributed by atoms with van der Waals surface area (Å²) in [6.07, 6.45) is 7.03. The molecular weight excluding hydrogens is 410 g/mol. The Kier molecular flexibility index (Phi) is 4.50. The largest absolute Gasteiger partial charge is 0.363 e. The molecule has 3 nitrogen and oxygen atoms in total. The number of thiophene rings is 1. The molecule has 0 radical (unpaired) electrons. The summed E-state index contributed by atoms with van der Waals surface area (Å²) in [5.41, 5.74) is 5.33. The standard InChI is InChI=1S/C25H22ClN3S/c26-17-13-11-16(12-14-17)23-28-24(22-19-8-4-10-21(19)30-25(22)29-23)27-20-9-3-6-15-5-1-2-7-18(15)20/h1-2,5,7,11-14,20H,3-4,6,8-10H2,(H,27,28,29)/t20-/m1/s1. The lowest BCUT2D eigenvalue weighted by Crippen LogP contribution is -2.18. The Bertz CT molecular complexity index is 1250. The number of hydrogen-bond donors (Lipinski definition) is 1. The predicted octanol–water partition coefficient (Wildman–Crippen LogP) is 6.99. The summed E-state index contributed by atoms with van der Waals surface area (Å²) in [7, 11) is 0. The molecule has 0 spiro atoms. The van der Waals surface area contributed by atoms with Crippen molar-refractivity contribution in [2.24, 2.45) is 0 Å². The monoisotopic (exact) mass is 431 g/mol. The molecule has 0 saturated heterocycles. The molecule has 2 aromatic heterocycles. The highest BCUT2D eigenvalue weighted by Crippen LogP contribution is 2.42. The molecule has 5 heteroatoms. The van der Waals surface area contributed by atoms with Gasteiger partial charge in [0, 0.05) is 15.5 Å². The average Bonchev–Trinajstić information content (AvgIpc) is 3.35. The zero-order chi connectivity index (χ0) is 20.1. The number of benzene rings is 2. The Morgan fingerprint density at radius 2 is 1.80 bits per heavy atom. The molecule has 2 aliphatic carbocycles. The van der Waals surface area contributed by atoms with Crippen LogP contribution >= 0.6 is 22.9 Å². The number of aromatic nitrogens is 2. The second-order valence-electron chi connectivity index (χ2n) is 8.23. The Balaban J connectivity index is 1.49. The highest BCUT2D eigenvalue weighted by molar-refractivity contribution is 7.19. The summed E-state index contributed by atoms with van der Waals surface area (Å²) in [6, 6.07) is 16.9. The minimum Gasteiger partial charge on any atom is -0.363 e. The van der Waals surface area contributed by atoms with Crippen molar-refractivity contribution < 1.29 is 0 Å². The van der Waals surface area contributed by atoms with Crippen molar-refractivity contribution in [1.29, 1.82) is 0 Å². The molecule has 2 aromatic carbocycles. The third kappa shape index (κ3) is 3.10. The molecule has 0 bridgehead atoms. The summed E-state index contributed by atoms with van der Waals surface area (Å²) in [5.74, 6) is 1.76. The maximum Gasteiger partial charge on any atom is 0.163 e. The Morgan fingerprint density at radius 1 is 0.933 bits per heavy atom. The van der Waals surface area contributed by atoms with Gasteiger partial charge in [-0.15, -0.1) is 11.3 Å². The normalized spacial score (nSPS) is 17.7. The van der Waals surface area contributed by atoms with Crippen molar-refractivity contribution in [1.82, 2.24) is 9.97 Å². The molecule has 30 heavy (non-hydrogen) atoms. The maximum absolute atomic E-state index is 6.10. The third-order valence-electron chi connectivity index (χ3n) is 6.35. The fourth-order valence-corrected chi connectivity index (χ4v) is 6.28. The maximum atomic E-state index is 6.10. The molecule has 0 fully saturated rings. The van der Waals surface area contributed by atoms with Crippen LogP contribution in [0.4, 0.5) is 5.82 Å². The smallest absolute Gasteiger partial charge is 0.163 e. The third-order valence-corrected chi connectivity index (χ3v) is 7.79. The first-order chi connectivity index (χ1) is 14.8. The van der Waals surface area contributed by atoms with Crippen LogP contribution in [-0.4, -0.2) is 9.97 Å². The summed E-state index contributed by atoms with van der Waals surface area (Å²) in [5, 5.41) is 5.82. The van der Waals surface area contributed by atoms with E-state index < -0.39 is 0 Å². The van der Waals surface area contributed by atoms with E-state index in [2.05, 4.69) is 29.6 Å². The van der Waals surface area contributed by atoms with Crippen LogP contribution < -0.4 is 5.32 Å². The van der Waals surface area contributed by atoms with Gasteiger partial charge in [-0.05, 0) is 79.5 Å². The number of anilines is 1. The average molecular weight is 432 g/mol. The van der Waals surface area contributed by atoms with Crippen molar-refractivity contribution in [3.63, 3.8) is 0 Å². The molecule has 0 amide bonds. The molecule has 0 aliphatic heterocycles. The predicted molar refractivity (Wildman–Crippen MR) is 126 cm³/mol. The Morgan fingerprint density at radius 3 is 2.70 bits per heavy atom. The molecular formula is C25H22ClN3S. The van der Waals surface area contributed by atoms with E-state index in [1.165, 1.54) is 46.2 Å². The van der Waals surface area contributed by atoms with Crippen LogP contribution in [0.2, 0.25) is 5.02 Å². The van der Waals surface area contributed by atoms with E-state index in [9.17, 15) is 0 Å². The van der Waals surface area contributed by atoms with Gasteiger partial charge in [-0.2, -0.15) is 0 Å². The van der Waals surface area contributed by atoms with E-state index in [1.807, 2.05) is 35.6 Å². The Hall–Kier alpha value is -2.43. The first-order valence-corrected chi connectivity index (χ1v) is 11.9. The minimum atomic E-state index is 0.295. The first kappa shape index (κ1) is 18.3. The second-order valence-corrected chi connectivity index (χ2v) is 9.75. The second kappa shape index (κ2) is 7.36. The van der Waals surface area contributed by atoms with Gasteiger partial charge in [0.1, 0.15) is 10.6 Å². The molecule has 150 valence electrons. The van der Waals surface area contributed by atoms with Gasteiger partial charge in [0.2, 0.25) is 0 Å². The molecule has 1 atom stereocenters. The number of nitrogens with one attached hydrogen (secondary N) is 1. The highest BCUT2D eigenvalue weighted by atomic mass is 35.5. The molecule has 4 aromatic rings. The summed E-state index contributed by atoms with van der Waals surface area (Å²) < 4.78 is 0. The number of aryl methyl sites for hydroxylation is 3. The van der Waals surface area contributed by atoms with E-state index in [0.717, 1.165) is 46.3 Å². The van der Waals surface area contributed by atoms with Gasteiger partial charge in [0.05, 0.1) is 11.4 Å². The fourth-order valence-electron chi connectivity index (χ4n) is 4.90. The Labute approximate surface area is 185 Å². The van der Waals surface area contributed by atoms with Crippen LogP contribution in [0.1, 0.15) is 46.9 Å². The van der Waals surface area contributed by atoms with Crippen LogP contribution in [0.3, 0.4) is 0 Å². The van der Waals surface area contributed by atoms with Crippen molar-refractivity contribution in [3.8, 4) is 11.4 Å². The van der Waals surface area contributed by atoms with Gasteiger partial charge in [-0.3, -0.25) is 0 Å². The van der Waals surface area contributed by atoms with Crippen molar-refractivity contribution in [2.45, 2.75) is 44.6 Å². The van der Waals surface area contributed by atoms with Gasteiger partial charge in [0.15, 0.2) is 5.82 Å². The summed E-state index contributed by atoms with van der Waals surface area (Å²) >= 11 is 7.94. The quantitative estimate of drug-likeness (QED) is 0.379. The lowest BCUT2D eigenvalue weighted by molar-refractivity contribution is 0.599. The molecule has 2 aliphatic rings. The zero-order valence-electron chi connectivity index (χ0n) is 16.6. The van der Waals surface area contributed by atoms with Gasteiger partial charge >= 0.3 is 0 Å². The van der Waals surface area contributed by atoms with Crippen LogP contribution in [0.25, 0.3) is 21.6 Å². The summed E-state index contributed by atoms with van der Waals surface area (Å²) in [6.45, 7) is 0. The highest BCUT2D eigenvalue weighted by Gasteiger charge is 2.26. The van der Waals surface area contributed by atoms with E-state index >= 15 is 0 Å². The fraction of sp³-hybridized carbons (Fsp3) is 0.280. The topological polar surface area (TPSA) is 37.8 Å². The lowest BCUT2D eigenvalue weighted by Gasteiger charge is -2.27. The number of halogens is 1. The molecule has 1 N–H and O–H groups in total. The van der Waals surface area contributed by atoms with E-state index in [4.69, 9.17) is 21.6 Å². The minimum absolute atomic E-state index is 0.295. The first-order valence-electron chi connectivity index (χ1n) is 10.7. The van der Waals surface area contributed by atoms with Crippen LogP contribution in [0.15, 0.2) is 48.5 Å². The number of hydrogen-bond acceptors (Lipinski definition) is 4. The number of rotatable bonds is 3. The van der Waals surface area contributed by atoms with Gasteiger partial charge in [0.25, 0.3) is 0 Å². The van der Waals surface area contributed by atoms with Gasteiger partial charge in [-0.25, -0.2) is 9.97 Å². The van der Waals surface area contributed by atoms with E-state index in [0.29, 0.717) is 6.04 Å². The molecule has 2 heterocycles. The molecule has 0 unspecified atom stereocenters. The molecule has 0 saturated carbocycles. The zero-order valence-corrected chi connectivity index (χ0v) is 18.2. The van der Waals surface area contributed by atoms with Crippen LogP contribution in [0, 0.1) is 0 Å². The van der Waals surface area contributed by atoms with Gasteiger partial charge in [-0.1, -0.05) is 35.9 Å². The van der Waals surface area contributed by atoms with E-state index in [1.54, 1.807) is 0 Å². The van der Waals surface area contributed by atoms with Crippen molar-refractivity contribution in [3.05, 3.63) is 75.1 Å².